The van der Waals surface area contributed by atoms with E-state index in [2.05, 4.69) is 137 Å². The summed E-state index contributed by atoms with van der Waals surface area (Å²) in [7, 11) is 0. The van der Waals surface area contributed by atoms with Crippen molar-refractivity contribution in [3.63, 3.8) is 0 Å². The summed E-state index contributed by atoms with van der Waals surface area (Å²) >= 11 is 0. The van der Waals surface area contributed by atoms with Crippen molar-refractivity contribution >= 4 is 43.6 Å². The van der Waals surface area contributed by atoms with Crippen LogP contribution < -0.4 is 0 Å². The van der Waals surface area contributed by atoms with Crippen molar-refractivity contribution in [2.45, 2.75) is 0 Å². The molecule has 11 rings (SSSR count). The van der Waals surface area contributed by atoms with Crippen LogP contribution in [0.4, 0.5) is 0 Å². The molecule has 0 bridgehead atoms. The topological polar surface area (TPSA) is 61.4 Å². The minimum absolute atomic E-state index is 0.627. The second-order valence-electron chi connectivity index (χ2n) is 13.9. The molecule has 0 spiro atoms. The second kappa shape index (κ2) is 13.0. The van der Waals surface area contributed by atoms with E-state index in [9.17, 15) is 0 Å². The Hall–Kier alpha value is -7.70. The Morgan fingerprint density at radius 1 is 0.304 bits per heavy atom. The average molecular weight is 717 g/mol. The standard InChI is InChI=1S/C50H32N6/c1-4-15-33(16-5-1)41-23-14-26-45(51-41)56-43-25-13-11-22-40(43)46-44(56)32-31-39-38-21-10-12-24-42(38)55(47(39)46)37-29-27-36(28-30-37)50-53-48(34-17-6-2-7-18-34)52-49(54-50)35-19-8-3-9-20-35/h1-32H. The molecule has 0 amide bonds. The molecule has 0 saturated heterocycles. The molecular formula is C50H32N6. The van der Waals surface area contributed by atoms with Crippen molar-refractivity contribution in [3.05, 3.63) is 194 Å². The fourth-order valence-corrected chi connectivity index (χ4v) is 8.04. The van der Waals surface area contributed by atoms with E-state index in [4.69, 9.17) is 19.9 Å². The molecule has 0 aliphatic carbocycles. The number of hydrogen-bond acceptors (Lipinski definition) is 4. The van der Waals surface area contributed by atoms with Gasteiger partial charge in [-0.25, -0.2) is 19.9 Å². The lowest BCUT2D eigenvalue weighted by molar-refractivity contribution is 1.07. The molecule has 0 N–H and O–H groups in total. The number of para-hydroxylation sites is 2. The van der Waals surface area contributed by atoms with Gasteiger partial charge >= 0.3 is 0 Å². The lowest BCUT2D eigenvalue weighted by Gasteiger charge is -2.12. The smallest absolute Gasteiger partial charge is 0.164 e. The number of rotatable bonds is 6. The summed E-state index contributed by atoms with van der Waals surface area (Å²) in [5.41, 5.74) is 10.4. The van der Waals surface area contributed by atoms with E-state index in [1.54, 1.807) is 0 Å². The zero-order valence-corrected chi connectivity index (χ0v) is 30.2. The summed E-state index contributed by atoms with van der Waals surface area (Å²) in [6, 6.07) is 67.3. The van der Waals surface area contributed by atoms with Crippen LogP contribution in [0.3, 0.4) is 0 Å². The lowest BCUT2D eigenvalue weighted by atomic mass is 10.1. The van der Waals surface area contributed by atoms with Crippen LogP contribution >= 0.6 is 0 Å². The average Bonchev–Trinajstić information content (AvgIpc) is 3.80. The minimum Gasteiger partial charge on any atom is -0.309 e. The van der Waals surface area contributed by atoms with Gasteiger partial charge < -0.3 is 4.57 Å². The van der Waals surface area contributed by atoms with Crippen LogP contribution in [0, 0.1) is 0 Å². The van der Waals surface area contributed by atoms with Crippen LogP contribution in [0.1, 0.15) is 0 Å². The number of benzene rings is 7. The Bertz CT molecular complexity index is 3160. The van der Waals surface area contributed by atoms with Gasteiger partial charge in [0.15, 0.2) is 17.5 Å². The highest BCUT2D eigenvalue weighted by Gasteiger charge is 2.21. The monoisotopic (exact) mass is 716 g/mol. The third-order valence-corrected chi connectivity index (χ3v) is 10.6. The zero-order chi connectivity index (χ0) is 37.0. The van der Waals surface area contributed by atoms with Gasteiger partial charge in [-0.3, -0.25) is 4.57 Å². The third-order valence-electron chi connectivity index (χ3n) is 10.6. The Kier molecular flexibility index (Phi) is 7.38. The number of fused-ring (bicyclic) bond motifs is 7. The molecular weight excluding hydrogens is 685 g/mol. The Balaban J connectivity index is 1.11. The summed E-state index contributed by atoms with van der Waals surface area (Å²) in [6.07, 6.45) is 0. The van der Waals surface area contributed by atoms with Gasteiger partial charge in [-0.1, -0.05) is 140 Å². The highest BCUT2D eigenvalue weighted by molar-refractivity contribution is 6.26. The van der Waals surface area contributed by atoms with Crippen molar-refractivity contribution in [1.82, 2.24) is 29.1 Å². The molecule has 0 unspecified atom stereocenters. The maximum Gasteiger partial charge on any atom is 0.164 e. The van der Waals surface area contributed by atoms with Crippen LogP contribution in [0.5, 0.6) is 0 Å². The molecule has 11 aromatic rings. The molecule has 4 aromatic heterocycles. The van der Waals surface area contributed by atoms with Gasteiger partial charge in [-0.15, -0.1) is 0 Å². The highest BCUT2D eigenvalue weighted by atomic mass is 15.1. The van der Waals surface area contributed by atoms with Crippen molar-refractivity contribution in [3.8, 4) is 56.9 Å². The lowest BCUT2D eigenvalue weighted by Crippen LogP contribution is -2.00. The molecule has 0 radical (unpaired) electrons. The SMILES string of the molecule is c1ccc(-c2cccc(-n3c4ccccc4c4c3ccc3c5ccccc5n(-c5ccc(-c6nc(-c7ccccc7)nc(-c7ccccc7)n6)cc5)c34)n2)cc1. The first-order chi connectivity index (χ1) is 27.8. The predicted octanol–water partition coefficient (Wildman–Crippen LogP) is 12.1. The molecule has 6 heteroatoms. The highest BCUT2D eigenvalue weighted by Crippen LogP contribution is 2.42. The van der Waals surface area contributed by atoms with Crippen molar-refractivity contribution in [2.75, 3.05) is 0 Å². The van der Waals surface area contributed by atoms with Crippen LogP contribution in [0.25, 0.3) is 101 Å². The van der Waals surface area contributed by atoms with E-state index in [1.807, 2.05) is 66.7 Å². The molecule has 0 aliphatic heterocycles. The van der Waals surface area contributed by atoms with Gasteiger partial charge in [-0.2, -0.15) is 0 Å². The fourth-order valence-electron chi connectivity index (χ4n) is 8.04. The summed E-state index contributed by atoms with van der Waals surface area (Å²) in [5, 5.41) is 4.76. The van der Waals surface area contributed by atoms with Crippen LogP contribution in [0.15, 0.2) is 194 Å². The van der Waals surface area contributed by atoms with Crippen LogP contribution in [0.2, 0.25) is 0 Å². The molecule has 0 aliphatic rings. The molecule has 56 heavy (non-hydrogen) atoms. The maximum atomic E-state index is 5.22. The first kappa shape index (κ1) is 31.8. The van der Waals surface area contributed by atoms with Gasteiger partial charge in [0.25, 0.3) is 0 Å². The summed E-state index contributed by atoms with van der Waals surface area (Å²) in [4.78, 5) is 20.1. The number of nitrogens with zero attached hydrogens (tertiary/aromatic N) is 6. The van der Waals surface area contributed by atoms with E-state index in [-0.39, 0.29) is 0 Å². The minimum atomic E-state index is 0.627. The predicted molar refractivity (Wildman–Crippen MR) is 228 cm³/mol. The third kappa shape index (κ3) is 5.19. The molecule has 6 nitrogen and oxygen atoms in total. The molecule has 0 fully saturated rings. The molecule has 7 aromatic carbocycles. The summed E-state index contributed by atoms with van der Waals surface area (Å²) in [6.45, 7) is 0. The van der Waals surface area contributed by atoms with Crippen molar-refractivity contribution in [2.24, 2.45) is 0 Å². The van der Waals surface area contributed by atoms with Crippen LogP contribution in [-0.2, 0) is 0 Å². The molecule has 0 saturated carbocycles. The number of pyridine rings is 1. The zero-order valence-electron chi connectivity index (χ0n) is 30.2. The second-order valence-corrected chi connectivity index (χ2v) is 13.9. The number of hydrogen-bond donors (Lipinski definition) is 0. The first-order valence-corrected chi connectivity index (χ1v) is 18.7. The van der Waals surface area contributed by atoms with Crippen LogP contribution in [-0.4, -0.2) is 29.1 Å². The van der Waals surface area contributed by atoms with E-state index in [1.165, 1.54) is 21.5 Å². The van der Waals surface area contributed by atoms with E-state index in [0.717, 1.165) is 61.5 Å². The Labute approximate surface area is 322 Å². The Morgan fingerprint density at radius 3 is 1.45 bits per heavy atom. The normalized spacial score (nSPS) is 11.6. The maximum absolute atomic E-state index is 5.22. The largest absolute Gasteiger partial charge is 0.309 e. The molecule has 262 valence electrons. The number of aromatic nitrogens is 6. The van der Waals surface area contributed by atoms with Gasteiger partial charge in [0.2, 0.25) is 0 Å². The van der Waals surface area contributed by atoms with Gasteiger partial charge in [0.1, 0.15) is 5.82 Å². The summed E-state index contributed by atoms with van der Waals surface area (Å²) in [5.74, 6) is 2.79. The molecule has 0 atom stereocenters. The fraction of sp³-hybridized carbons (Fsp3) is 0. The molecule has 4 heterocycles. The van der Waals surface area contributed by atoms with Crippen molar-refractivity contribution in [1.29, 1.82) is 0 Å². The van der Waals surface area contributed by atoms with Gasteiger partial charge in [-0.05, 0) is 54.6 Å². The quantitative estimate of drug-likeness (QED) is 0.172. The van der Waals surface area contributed by atoms with Crippen molar-refractivity contribution < 1.29 is 0 Å². The first-order valence-electron chi connectivity index (χ1n) is 18.7. The summed E-state index contributed by atoms with van der Waals surface area (Å²) < 4.78 is 4.71. The van der Waals surface area contributed by atoms with Gasteiger partial charge in [0.05, 0.1) is 27.8 Å². The van der Waals surface area contributed by atoms with E-state index >= 15 is 0 Å². The Morgan fingerprint density at radius 2 is 0.821 bits per heavy atom. The van der Waals surface area contributed by atoms with Gasteiger partial charge in [0, 0.05) is 49.5 Å². The van der Waals surface area contributed by atoms with E-state index in [0.29, 0.717) is 17.5 Å². The van der Waals surface area contributed by atoms with E-state index < -0.39 is 0 Å².